The van der Waals surface area contributed by atoms with Gasteiger partial charge in [-0.15, -0.1) is 0 Å². The van der Waals surface area contributed by atoms with Crippen LogP contribution in [0.25, 0.3) is 0 Å². The van der Waals surface area contributed by atoms with Gasteiger partial charge in [0.1, 0.15) is 4.90 Å². The Kier molecular flexibility index (Phi) is 4.76. The van der Waals surface area contributed by atoms with E-state index in [9.17, 15) is 8.42 Å². The highest BCUT2D eigenvalue weighted by Gasteiger charge is 2.21. The number of halogens is 1. The molecule has 1 aromatic heterocycles. The number of nitrogens with zero attached hydrogens (tertiary/aromatic N) is 3. The number of sulfonamides is 1. The number of benzene rings is 1. The molecule has 0 unspecified atom stereocenters. The van der Waals surface area contributed by atoms with E-state index < -0.39 is 10.0 Å². The van der Waals surface area contributed by atoms with Gasteiger partial charge in [0, 0.05) is 25.7 Å². The summed E-state index contributed by atoms with van der Waals surface area (Å²) in [5.74, 6) is 0.370. The van der Waals surface area contributed by atoms with E-state index in [2.05, 4.69) is 15.3 Å². The number of aromatic nitrogens is 2. The van der Waals surface area contributed by atoms with Crippen molar-refractivity contribution >= 4 is 27.6 Å². The van der Waals surface area contributed by atoms with E-state index in [1.54, 1.807) is 31.3 Å². The summed E-state index contributed by atoms with van der Waals surface area (Å²) in [6.07, 6.45) is 2.57. The first-order valence-electron chi connectivity index (χ1n) is 6.14. The van der Waals surface area contributed by atoms with Crippen LogP contribution in [0.3, 0.4) is 0 Å². The van der Waals surface area contributed by atoms with E-state index in [4.69, 9.17) is 11.6 Å². The number of hydrogen-bond acceptors (Lipinski definition) is 5. The lowest BCUT2D eigenvalue weighted by molar-refractivity contribution is 0.466. The van der Waals surface area contributed by atoms with Crippen molar-refractivity contribution in [2.75, 3.05) is 19.4 Å². The Labute approximate surface area is 128 Å². The topological polar surface area (TPSA) is 75.2 Å². The number of anilines is 1. The van der Waals surface area contributed by atoms with Crippen LogP contribution in [0.5, 0.6) is 0 Å². The van der Waals surface area contributed by atoms with Gasteiger partial charge in [-0.2, -0.15) is 4.31 Å². The molecule has 0 saturated heterocycles. The standard InChI is InChI=1S/C13H15ClN4O2S/c1-15-13-16-7-12(8-17-13)21(19,20)18(2)9-10-3-5-11(14)6-4-10/h3-8H,9H2,1-2H3,(H,15,16,17). The van der Waals surface area contributed by atoms with Crippen LogP contribution in [-0.2, 0) is 16.6 Å². The zero-order chi connectivity index (χ0) is 15.5. The lowest BCUT2D eigenvalue weighted by atomic mass is 10.2. The summed E-state index contributed by atoms with van der Waals surface area (Å²) in [7, 11) is -0.452. The molecule has 0 bridgehead atoms. The number of rotatable bonds is 5. The molecule has 1 N–H and O–H groups in total. The lowest BCUT2D eigenvalue weighted by Crippen LogP contribution is -2.26. The zero-order valence-corrected chi connectivity index (χ0v) is 13.2. The Balaban J connectivity index is 2.19. The fraction of sp³-hybridized carbons (Fsp3) is 0.231. The summed E-state index contributed by atoms with van der Waals surface area (Å²) in [5, 5.41) is 3.35. The molecule has 0 aliphatic rings. The molecule has 112 valence electrons. The molecule has 0 spiro atoms. The minimum atomic E-state index is -3.62. The van der Waals surface area contributed by atoms with Crippen LogP contribution in [0.4, 0.5) is 5.95 Å². The van der Waals surface area contributed by atoms with Crippen LogP contribution in [0.2, 0.25) is 5.02 Å². The van der Waals surface area contributed by atoms with Gasteiger partial charge in [-0.1, -0.05) is 23.7 Å². The molecule has 0 amide bonds. The number of nitrogens with one attached hydrogen (secondary N) is 1. The molecule has 0 aliphatic carbocycles. The second-order valence-corrected chi connectivity index (χ2v) is 6.86. The third kappa shape index (κ3) is 3.69. The molecular formula is C13H15ClN4O2S. The Morgan fingerprint density at radius 1 is 1.19 bits per heavy atom. The third-order valence-corrected chi connectivity index (χ3v) is 4.89. The van der Waals surface area contributed by atoms with Crippen LogP contribution in [0, 0.1) is 0 Å². The first-order valence-corrected chi connectivity index (χ1v) is 7.96. The Morgan fingerprint density at radius 3 is 2.29 bits per heavy atom. The molecule has 1 heterocycles. The SMILES string of the molecule is CNc1ncc(S(=O)(=O)N(C)Cc2ccc(Cl)cc2)cn1. The van der Waals surface area contributed by atoms with Gasteiger partial charge in [-0.25, -0.2) is 18.4 Å². The zero-order valence-electron chi connectivity index (χ0n) is 11.6. The van der Waals surface area contributed by atoms with E-state index in [0.29, 0.717) is 11.0 Å². The van der Waals surface area contributed by atoms with Crippen LogP contribution in [-0.4, -0.2) is 36.8 Å². The molecule has 0 saturated carbocycles. The molecule has 21 heavy (non-hydrogen) atoms. The molecule has 0 fully saturated rings. The molecule has 2 rings (SSSR count). The Hall–Kier alpha value is -1.70. The summed E-state index contributed by atoms with van der Waals surface area (Å²) >= 11 is 5.81. The van der Waals surface area contributed by atoms with E-state index in [-0.39, 0.29) is 11.4 Å². The smallest absolute Gasteiger partial charge is 0.246 e. The predicted molar refractivity (Wildman–Crippen MR) is 81.7 cm³/mol. The summed E-state index contributed by atoms with van der Waals surface area (Å²) in [4.78, 5) is 7.89. The average Bonchev–Trinajstić information content (AvgIpc) is 2.49. The summed E-state index contributed by atoms with van der Waals surface area (Å²) in [5.41, 5.74) is 0.846. The number of hydrogen-bond donors (Lipinski definition) is 1. The minimum absolute atomic E-state index is 0.0537. The largest absolute Gasteiger partial charge is 0.357 e. The van der Waals surface area contributed by atoms with Gasteiger partial charge in [0.05, 0.1) is 12.4 Å². The van der Waals surface area contributed by atoms with Crippen molar-refractivity contribution in [3.63, 3.8) is 0 Å². The van der Waals surface area contributed by atoms with Crippen molar-refractivity contribution in [3.05, 3.63) is 47.2 Å². The van der Waals surface area contributed by atoms with E-state index in [0.717, 1.165) is 5.56 Å². The maximum atomic E-state index is 12.4. The van der Waals surface area contributed by atoms with Crippen molar-refractivity contribution in [1.82, 2.24) is 14.3 Å². The summed E-state index contributed by atoms with van der Waals surface area (Å²) < 4.78 is 26.0. The fourth-order valence-electron chi connectivity index (χ4n) is 1.69. The highest BCUT2D eigenvalue weighted by Crippen LogP contribution is 2.17. The van der Waals surface area contributed by atoms with Gasteiger partial charge < -0.3 is 5.32 Å². The average molecular weight is 327 g/mol. The van der Waals surface area contributed by atoms with Gasteiger partial charge in [-0.3, -0.25) is 0 Å². The van der Waals surface area contributed by atoms with E-state index in [1.165, 1.54) is 23.7 Å². The molecule has 8 heteroatoms. The maximum absolute atomic E-state index is 12.4. The first kappa shape index (κ1) is 15.7. The van der Waals surface area contributed by atoms with Crippen LogP contribution in [0.15, 0.2) is 41.6 Å². The van der Waals surface area contributed by atoms with Gasteiger partial charge in [0.15, 0.2) is 0 Å². The molecular weight excluding hydrogens is 312 g/mol. The lowest BCUT2D eigenvalue weighted by Gasteiger charge is -2.17. The highest BCUT2D eigenvalue weighted by molar-refractivity contribution is 7.89. The quantitative estimate of drug-likeness (QED) is 0.909. The van der Waals surface area contributed by atoms with Crippen LogP contribution in [0.1, 0.15) is 5.56 Å². The second kappa shape index (κ2) is 6.38. The highest BCUT2D eigenvalue weighted by atomic mass is 35.5. The third-order valence-electron chi connectivity index (χ3n) is 2.88. The molecule has 1 aromatic carbocycles. The second-order valence-electron chi connectivity index (χ2n) is 4.38. The van der Waals surface area contributed by atoms with Gasteiger partial charge >= 0.3 is 0 Å². The van der Waals surface area contributed by atoms with Crippen molar-refractivity contribution in [2.24, 2.45) is 0 Å². The molecule has 0 atom stereocenters. The van der Waals surface area contributed by atoms with E-state index in [1.807, 2.05) is 0 Å². The monoisotopic (exact) mass is 326 g/mol. The van der Waals surface area contributed by atoms with Crippen molar-refractivity contribution in [3.8, 4) is 0 Å². The normalized spacial score (nSPS) is 11.6. The van der Waals surface area contributed by atoms with Gasteiger partial charge in [-0.05, 0) is 17.7 Å². The molecule has 0 radical (unpaired) electrons. The minimum Gasteiger partial charge on any atom is -0.357 e. The molecule has 0 aliphatic heterocycles. The molecule has 2 aromatic rings. The molecule has 6 nitrogen and oxygen atoms in total. The Morgan fingerprint density at radius 2 is 1.76 bits per heavy atom. The van der Waals surface area contributed by atoms with Crippen molar-refractivity contribution < 1.29 is 8.42 Å². The predicted octanol–water partition coefficient (Wildman–Crippen LogP) is 1.99. The summed E-state index contributed by atoms with van der Waals surface area (Å²) in [6, 6.07) is 7.02. The van der Waals surface area contributed by atoms with Crippen LogP contribution < -0.4 is 5.32 Å². The van der Waals surface area contributed by atoms with Gasteiger partial charge in [0.2, 0.25) is 16.0 Å². The first-order chi connectivity index (χ1) is 9.93. The maximum Gasteiger partial charge on any atom is 0.246 e. The van der Waals surface area contributed by atoms with Crippen molar-refractivity contribution in [2.45, 2.75) is 11.4 Å². The Bertz CT molecular complexity index is 702. The van der Waals surface area contributed by atoms with E-state index >= 15 is 0 Å². The van der Waals surface area contributed by atoms with Gasteiger partial charge in [0.25, 0.3) is 0 Å². The fourth-order valence-corrected chi connectivity index (χ4v) is 2.87. The van der Waals surface area contributed by atoms with Crippen molar-refractivity contribution in [1.29, 1.82) is 0 Å². The summed E-state index contributed by atoms with van der Waals surface area (Å²) in [6.45, 7) is 0.243. The van der Waals surface area contributed by atoms with Crippen LogP contribution >= 0.6 is 11.6 Å².